The van der Waals surface area contributed by atoms with Crippen LogP contribution in [0.2, 0.25) is 0 Å². The van der Waals surface area contributed by atoms with Crippen molar-refractivity contribution in [1.29, 1.82) is 0 Å². The van der Waals surface area contributed by atoms with Gasteiger partial charge in [0.2, 0.25) is 0 Å². The summed E-state index contributed by atoms with van der Waals surface area (Å²) in [6.45, 7) is 1.99. The van der Waals surface area contributed by atoms with Crippen LogP contribution in [0.5, 0.6) is 0 Å². The average Bonchev–Trinajstić information content (AvgIpc) is 2.95. The van der Waals surface area contributed by atoms with E-state index in [-0.39, 0.29) is 31.0 Å². The second-order valence-electron chi connectivity index (χ2n) is 7.20. The molecule has 2 N–H and O–H groups in total. The molecule has 0 saturated heterocycles. The van der Waals surface area contributed by atoms with Crippen LogP contribution in [-0.4, -0.2) is 40.1 Å². The summed E-state index contributed by atoms with van der Waals surface area (Å²) in [4.78, 5) is 35.7. The molecule has 0 spiro atoms. The lowest BCUT2D eigenvalue weighted by atomic mass is 9.86. The molecule has 1 aliphatic carbocycles. The van der Waals surface area contributed by atoms with E-state index in [4.69, 9.17) is 4.74 Å². The van der Waals surface area contributed by atoms with E-state index in [1.807, 2.05) is 19.1 Å². The van der Waals surface area contributed by atoms with Crippen LogP contribution in [-0.2, 0) is 14.3 Å². The van der Waals surface area contributed by atoms with Crippen molar-refractivity contribution in [3.8, 4) is 0 Å². The highest BCUT2D eigenvalue weighted by molar-refractivity contribution is 5.89. The number of aliphatic carboxylic acids is 1. The van der Waals surface area contributed by atoms with Crippen molar-refractivity contribution < 1.29 is 29.3 Å². The Morgan fingerprint density at radius 1 is 1.14 bits per heavy atom. The molecule has 0 aromatic heterocycles. The van der Waals surface area contributed by atoms with Crippen LogP contribution < -0.4 is 0 Å². The lowest BCUT2D eigenvalue weighted by Crippen LogP contribution is -2.28. The van der Waals surface area contributed by atoms with Gasteiger partial charge in [-0.2, -0.15) is 0 Å². The zero-order chi connectivity index (χ0) is 20.5. The van der Waals surface area contributed by atoms with Crippen LogP contribution in [0.25, 0.3) is 0 Å². The lowest BCUT2D eigenvalue weighted by molar-refractivity contribution is -0.139. The topological polar surface area (TPSA) is 101 Å². The van der Waals surface area contributed by atoms with E-state index in [2.05, 4.69) is 0 Å². The normalized spacial score (nSPS) is 24.4. The van der Waals surface area contributed by atoms with E-state index in [1.165, 1.54) is 0 Å². The molecule has 0 unspecified atom stereocenters. The van der Waals surface area contributed by atoms with Crippen LogP contribution in [0.3, 0.4) is 0 Å². The summed E-state index contributed by atoms with van der Waals surface area (Å²) in [5.74, 6) is -2.37. The maximum atomic E-state index is 12.4. The fraction of sp³-hybridized carbons (Fsp3) is 0.500. The second kappa shape index (κ2) is 10.8. The van der Waals surface area contributed by atoms with Crippen LogP contribution in [0.4, 0.5) is 0 Å². The number of carbonyl (C=O) groups excluding carboxylic acids is 2. The summed E-state index contributed by atoms with van der Waals surface area (Å²) >= 11 is 0. The van der Waals surface area contributed by atoms with Crippen molar-refractivity contribution in [3.63, 3.8) is 0 Å². The number of carbonyl (C=O) groups is 3. The minimum Gasteiger partial charge on any atom is -0.481 e. The van der Waals surface area contributed by atoms with Gasteiger partial charge in [0.1, 0.15) is 11.9 Å². The third-order valence-electron chi connectivity index (χ3n) is 5.18. The third kappa shape index (κ3) is 6.30. The zero-order valence-electron chi connectivity index (χ0n) is 16.1. The Balaban J connectivity index is 2.06. The van der Waals surface area contributed by atoms with Crippen molar-refractivity contribution >= 4 is 17.7 Å². The monoisotopic (exact) mass is 388 g/mol. The number of ketones is 1. The Labute approximate surface area is 165 Å². The molecule has 1 aromatic rings. The molecule has 1 saturated carbocycles. The van der Waals surface area contributed by atoms with Gasteiger partial charge < -0.3 is 14.9 Å². The highest BCUT2D eigenvalue weighted by atomic mass is 16.5. The zero-order valence-corrected chi connectivity index (χ0v) is 16.1. The molecule has 0 radical (unpaired) electrons. The first-order valence-corrected chi connectivity index (χ1v) is 9.75. The number of benzene rings is 1. The number of aliphatic hydroxyl groups is 1. The molecule has 0 amide bonds. The molecule has 28 heavy (non-hydrogen) atoms. The maximum absolute atomic E-state index is 12.4. The van der Waals surface area contributed by atoms with Crippen LogP contribution in [0.1, 0.15) is 55.8 Å². The summed E-state index contributed by atoms with van der Waals surface area (Å²) in [5, 5.41) is 19.5. The molecule has 2 rings (SSSR count). The standard InChI is InChI=1S/C22H28O6/c1-2-3-5-10-16(23)11-12-17-18(13-21(25)26)19(24)14-20(17)28-22(27)15-8-6-4-7-9-15/h3-9,17-20,24H,2,10-14H2,1H3,(H,25,26)/b5-3-/t17-,18-,19+,20-/m0/s1. The minimum absolute atomic E-state index is 0.0494. The van der Waals surface area contributed by atoms with E-state index in [1.54, 1.807) is 30.3 Å². The quantitative estimate of drug-likeness (QED) is 0.471. The summed E-state index contributed by atoms with van der Waals surface area (Å²) in [5.41, 5.74) is 0.401. The molecular weight excluding hydrogens is 360 g/mol. The number of ether oxygens (including phenoxy) is 1. The highest BCUT2D eigenvalue weighted by Gasteiger charge is 2.45. The third-order valence-corrected chi connectivity index (χ3v) is 5.18. The Morgan fingerprint density at radius 3 is 2.50 bits per heavy atom. The number of allylic oxidation sites excluding steroid dienone is 2. The van der Waals surface area contributed by atoms with E-state index < -0.39 is 30.1 Å². The SMILES string of the molecule is CC/C=C\CC(=O)CC[C@H]1[C@H](CC(=O)O)[C@H](O)C[C@@H]1OC(=O)c1ccccc1. The molecule has 6 nitrogen and oxygen atoms in total. The van der Waals surface area contributed by atoms with Gasteiger partial charge in [-0.1, -0.05) is 37.3 Å². The van der Waals surface area contributed by atoms with Crippen LogP contribution in [0, 0.1) is 11.8 Å². The maximum Gasteiger partial charge on any atom is 0.338 e. The second-order valence-corrected chi connectivity index (χ2v) is 7.20. The van der Waals surface area contributed by atoms with Gasteiger partial charge in [0.15, 0.2) is 0 Å². The molecule has 1 aromatic carbocycles. The Hall–Kier alpha value is -2.47. The number of aliphatic hydroxyl groups excluding tert-OH is 1. The van der Waals surface area contributed by atoms with Gasteiger partial charge in [-0.05, 0) is 25.0 Å². The van der Waals surface area contributed by atoms with Crippen molar-refractivity contribution in [2.75, 3.05) is 0 Å². The van der Waals surface area contributed by atoms with E-state index in [9.17, 15) is 24.6 Å². The Kier molecular flexibility index (Phi) is 8.39. The van der Waals surface area contributed by atoms with Gasteiger partial charge in [0.05, 0.1) is 18.1 Å². The number of Topliss-reactive ketones (excluding diaryl/α,β-unsaturated/α-hetero) is 1. The van der Waals surface area contributed by atoms with E-state index in [0.717, 1.165) is 6.42 Å². The first-order chi connectivity index (χ1) is 13.4. The first-order valence-electron chi connectivity index (χ1n) is 9.75. The molecule has 0 heterocycles. The van der Waals surface area contributed by atoms with Gasteiger partial charge in [-0.15, -0.1) is 0 Å². The van der Waals surface area contributed by atoms with E-state index >= 15 is 0 Å². The predicted molar refractivity (Wildman–Crippen MR) is 104 cm³/mol. The molecule has 0 aliphatic heterocycles. The molecule has 6 heteroatoms. The van der Waals surface area contributed by atoms with Crippen LogP contribution >= 0.6 is 0 Å². The van der Waals surface area contributed by atoms with Crippen molar-refractivity contribution in [3.05, 3.63) is 48.0 Å². The number of carboxylic acid groups (broad SMARTS) is 1. The number of esters is 1. The van der Waals surface area contributed by atoms with Gasteiger partial charge in [0.25, 0.3) is 0 Å². The van der Waals surface area contributed by atoms with Gasteiger partial charge in [-0.3, -0.25) is 9.59 Å². The molecule has 152 valence electrons. The van der Waals surface area contributed by atoms with Gasteiger partial charge >= 0.3 is 11.9 Å². The Bertz CT molecular complexity index is 696. The minimum atomic E-state index is -1.01. The van der Waals surface area contributed by atoms with E-state index in [0.29, 0.717) is 18.4 Å². The largest absolute Gasteiger partial charge is 0.481 e. The fourth-order valence-corrected chi connectivity index (χ4v) is 3.76. The molecule has 1 fully saturated rings. The van der Waals surface area contributed by atoms with Crippen molar-refractivity contribution in [2.45, 2.75) is 57.7 Å². The summed E-state index contributed by atoms with van der Waals surface area (Å²) < 4.78 is 5.61. The smallest absolute Gasteiger partial charge is 0.338 e. The van der Waals surface area contributed by atoms with Crippen LogP contribution in [0.15, 0.2) is 42.5 Å². The average molecular weight is 388 g/mol. The number of rotatable bonds is 10. The van der Waals surface area contributed by atoms with Gasteiger partial charge in [-0.25, -0.2) is 4.79 Å². The molecule has 1 aliphatic rings. The number of hydrogen-bond acceptors (Lipinski definition) is 5. The summed E-state index contributed by atoms with van der Waals surface area (Å²) in [6, 6.07) is 8.53. The van der Waals surface area contributed by atoms with Crippen molar-refractivity contribution in [2.24, 2.45) is 11.8 Å². The van der Waals surface area contributed by atoms with Crippen molar-refractivity contribution in [1.82, 2.24) is 0 Å². The van der Waals surface area contributed by atoms with Gasteiger partial charge in [0, 0.05) is 31.1 Å². The lowest BCUT2D eigenvalue weighted by Gasteiger charge is -2.24. The number of carboxylic acids is 1. The predicted octanol–water partition coefficient (Wildman–Crippen LogP) is 3.39. The first kappa shape index (κ1) is 21.8. The fourth-order valence-electron chi connectivity index (χ4n) is 3.76. The molecular formula is C22H28O6. The Morgan fingerprint density at radius 2 is 1.86 bits per heavy atom. The summed E-state index contributed by atoms with van der Waals surface area (Å²) in [6.07, 6.45) is 4.10. The molecule has 0 bridgehead atoms. The highest BCUT2D eigenvalue weighted by Crippen LogP contribution is 2.40. The summed E-state index contributed by atoms with van der Waals surface area (Å²) in [7, 11) is 0. The number of hydrogen-bond donors (Lipinski definition) is 2. The molecule has 4 atom stereocenters.